The van der Waals surface area contributed by atoms with Crippen molar-refractivity contribution in [3.05, 3.63) is 46.9 Å². The highest BCUT2D eigenvalue weighted by Crippen LogP contribution is 2.42. The van der Waals surface area contributed by atoms with Crippen LogP contribution in [0.3, 0.4) is 0 Å². The summed E-state index contributed by atoms with van der Waals surface area (Å²) < 4.78 is 24.2. The van der Waals surface area contributed by atoms with Gasteiger partial charge in [0, 0.05) is 0 Å². The number of nitrogens with one attached hydrogen (secondary N) is 2. The first-order chi connectivity index (χ1) is 13.5. The van der Waals surface area contributed by atoms with Gasteiger partial charge in [0.15, 0.2) is 0 Å². The van der Waals surface area contributed by atoms with Gasteiger partial charge in [0.25, 0.3) is 0 Å². The van der Waals surface area contributed by atoms with E-state index in [0.29, 0.717) is 18.4 Å². The lowest BCUT2D eigenvalue weighted by Gasteiger charge is -2.28. The van der Waals surface area contributed by atoms with E-state index < -0.39 is 29.2 Å². The molecule has 2 aliphatic rings. The van der Waals surface area contributed by atoms with E-state index in [1.54, 1.807) is 19.1 Å². The first-order valence-corrected chi connectivity index (χ1v) is 9.33. The van der Waals surface area contributed by atoms with Crippen molar-refractivity contribution in [2.45, 2.75) is 38.0 Å². The molecule has 0 atom stereocenters. The van der Waals surface area contributed by atoms with Gasteiger partial charge < -0.3 is 20.1 Å². The average molecular weight is 390 g/mol. The molecule has 1 saturated carbocycles. The number of urea groups is 1. The zero-order chi connectivity index (χ0) is 20.1. The Morgan fingerprint density at radius 2 is 1.96 bits per heavy atom. The number of carbonyl (C=O) groups excluding carboxylic acids is 3. The van der Waals surface area contributed by atoms with E-state index in [1.807, 2.05) is 0 Å². The van der Waals surface area contributed by atoms with Crippen LogP contribution in [0.5, 0.6) is 0 Å². The van der Waals surface area contributed by atoms with Gasteiger partial charge in [0.2, 0.25) is 0 Å². The molecule has 1 aromatic rings. The van der Waals surface area contributed by atoms with Crippen molar-refractivity contribution in [1.82, 2.24) is 10.6 Å². The van der Waals surface area contributed by atoms with Crippen molar-refractivity contribution in [2.75, 3.05) is 19.8 Å². The van der Waals surface area contributed by atoms with E-state index in [2.05, 4.69) is 10.6 Å². The van der Waals surface area contributed by atoms with E-state index in [1.165, 1.54) is 12.1 Å². The number of hydrogen-bond acceptors (Lipinski definition) is 5. The quantitative estimate of drug-likeness (QED) is 0.727. The summed E-state index contributed by atoms with van der Waals surface area (Å²) in [5.74, 6) is -1.48. The smallest absolute Gasteiger partial charge is 0.337 e. The maximum Gasteiger partial charge on any atom is 0.337 e. The molecule has 1 fully saturated rings. The lowest BCUT2D eigenvalue weighted by atomic mass is 9.79. The van der Waals surface area contributed by atoms with Crippen molar-refractivity contribution >= 4 is 18.0 Å². The average Bonchev–Trinajstić information content (AvgIpc) is 3.17. The molecule has 8 heteroatoms. The Balaban J connectivity index is 1.80. The van der Waals surface area contributed by atoms with E-state index in [-0.39, 0.29) is 31.0 Å². The van der Waals surface area contributed by atoms with Gasteiger partial charge in [-0.25, -0.2) is 14.0 Å². The van der Waals surface area contributed by atoms with Crippen molar-refractivity contribution in [2.24, 2.45) is 0 Å². The second-order valence-corrected chi connectivity index (χ2v) is 6.86. The highest BCUT2D eigenvalue weighted by Gasteiger charge is 2.44. The van der Waals surface area contributed by atoms with Crippen molar-refractivity contribution in [3.63, 3.8) is 0 Å². The predicted molar refractivity (Wildman–Crippen MR) is 97.7 cm³/mol. The van der Waals surface area contributed by atoms with E-state index >= 15 is 0 Å². The molecule has 0 spiro atoms. The summed E-state index contributed by atoms with van der Waals surface area (Å²) in [4.78, 5) is 36.7. The minimum absolute atomic E-state index is 0.00735. The number of hydrogen-bond donors (Lipinski definition) is 2. The summed E-state index contributed by atoms with van der Waals surface area (Å²) in [6.45, 7) is 1.59. The third kappa shape index (κ3) is 4.00. The van der Waals surface area contributed by atoms with Gasteiger partial charge in [-0.3, -0.25) is 4.79 Å². The Bertz CT molecular complexity index is 815. The number of amides is 2. The highest BCUT2D eigenvalue weighted by atomic mass is 19.1. The molecule has 0 saturated heterocycles. The number of carbonyl (C=O) groups is 3. The second kappa shape index (κ2) is 8.41. The minimum atomic E-state index is -0.913. The van der Waals surface area contributed by atoms with Gasteiger partial charge >= 0.3 is 18.0 Å². The van der Waals surface area contributed by atoms with Crippen LogP contribution in [-0.4, -0.2) is 37.7 Å². The summed E-state index contributed by atoms with van der Waals surface area (Å²) in [6.07, 6.45) is 2.80. The molecule has 1 aliphatic heterocycles. The van der Waals surface area contributed by atoms with Crippen LogP contribution in [0.25, 0.3) is 0 Å². The molecule has 2 N–H and O–H groups in total. The summed E-state index contributed by atoms with van der Waals surface area (Å²) >= 11 is 0. The number of benzene rings is 1. The van der Waals surface area contributed by atoms with Crippen LogP contribution in [0, 0.1) is 5.82 Å². The largest absolute Gasteiger partial charge is 0.463 e. The van der Waals surface area contributed by atoms with Crippen LogP contribution < -0.4 is 10.6 Å². The fourth-order valence-electron chi connectivity index (χ4n) is 3.72. The summed E-state index contributed by atoms with van der Waals surface area (Å²) in [7, 11) is 0. The third-order valence-corrected chi connectivity index (χ3v) is 5.15. The monoisotopic (exact) mass is 390 g/mol. The molecule has 1 heterocycles. The van der Waals surface area contributed by atoms with Crippen LogP contribution in [0.15, 0.2) is 35.5 Å². The van der Waals surface area contributed by atoms with Gasteiger partial charge in [-0.05, 0) is 37.5 Å². The molecule has 7 nitrogen and oxygen atoms in total. The van der Waals surface area contributed by atoms with Crippen LogP contribution in [0.1, 0.15) is 38.2 Å². The Kier molecular flexibility index (Phi) is 5.96. The van der Waals surface area contributed by atoms with Gasteiger partial charge in [-0.1, -0.05) is 25.0 Å². The predicted octanol–water partition coefficient (Wildman–Crippen LogP) is 2.31. The maximum atomic E-state index is 13.7. The van der Waals surface area contributed by atoms with Crippen LogP contribution in [0.2, 0.25) is 0 Å². The molecule has 0 aromatic heterocycles. The minimum Gasteiger partial charge on any atom is -0.463 e. The third-order valence-electron chi connectivity index (χ3n) is 5.15. The van der Waals surface area contributed by atoms with Crippen molar-refractivity contribution < 1.29 is 28.2 Å². The number of rotatable bonds is 6. The molecule has 28 heavy (non-hydrogen) atoms. The molecule has 1 aromatic carbocycles. The zero-order valence-corrected chi connectivity index (χ0v) is 15.7. The molecule has 3 rings (SSSR count). The lowest BCUT2D eigenvalue weighted by molar-refractivity contribution is -0.150. The molecule has 1 aliphatic carbocycles. The molecular weight excluding hydrogens is 367 g/mol. The van der Waals surface area contributed by atoms with Gasteiger partial charge in [-0.2, -0.15) is 0 Å². The molecule has 0 radical (unpaired) electrons. The Morgan fingerprint density at radius 1 is 1.21 bits per heavy atom. The summed E-state index contributed by atoms with van der Waals surface area (Å²) in [5.41, 5.74) is 0.0799. The van der Waals surface area contributed by atoms with E-state index in [4.69, 9.17) is 9.47 Å². The van der Waals surface area contributed by atoms with Crippen molar-refractivity contribution in [1.29, 1.82) is 0 Å². The van der Waals surface area contributed by atoms with Crippen molar-refractivity contribution in [3.8, 4) is 0 Å². The first-order valence-electron chi connectivity index (χ1n) is 9.33. The fraction of sp³-hybridized carbons (Fsp3) is 0.450. The zero-order valence-electron chi connectivity index (χ0n) is 15.7. The standard InChI is InChI=1S/C20H23FN2O5/c1-2-27-17(24)15-11-22-19(26)23-16(15)12-28-18(25)20(8-3-4-9-20)13-6-5-7-14(21)10-13/h5-7,10H,2-4,8-9,11-12H2,1H3,(H2,22,23,26). The molecule has 0 bridgehead atoms. The van der Waals surface area contributed by atoms with E-state index in [9.17, 15) is 18.8 Å². The van der Waals surface area contributed by atoms with Crippen LogP contribution in [-0.2, 0) is 24.5 Å². The van der Waals surface area contributed by atoms with Crippen LogP contribution >= 0.6 is 0 Å². The van der Waals surface area contributed by atoms with Gasteiger partial charge in [0.1, 0.15) is 12.4 Å². The Morgan fingerprint density at radius 3 is 2.64 bits per heavy atom. The van der Waals surface area contributed by atoms with Crippen LogP contribution in [0.4, 0.5) is 9.18 Å². The molecule has 0 unspecified atom stereocenters. The molecule has 150 valence electrons. The fourth-order valence-corrected chi connectivity index (χ4v) is 3.72. The lowest BCUT2D eigenvalue weighted by Crippen LogP contribution is -2.45. The van der Waals surface area contributed by atoms with E-state index in [0.717, 1.165) is 12.8 Å². The molecule has 2 amide bonds. The highest BCUT2D eigenvalue weighted by molar-refractivity contribution is 5.94. The second-order valence-electron chi connectivity index (χ2n) is 6.86. The SMILES string of the molecule is CCOC(=O)C1=C(COC(=O)C2(c3cccc(F)c3)CCCC2)NC(=O)NC1. The maximum absolute atomic E-state index is 13.7. The number of halogens is 1. The Labute approximate surface area is 162 Å². The number of esters is 2. The summed E-state index contributed by atoms with van der Waals surface area (Å²) in [5, 5.41) is 5.00. The summed E-state index contributed by atoms with van der Waals surface area (Å²) in [6, 6.07) is 5.51. The Hall–Kier alpha value is -2.90. The number of ether oxygens (including phenoxy) is 2. The first kappa shape index (κ1) is 19.9. The van der Waals surface area contributed by atoms with Gasteiger partial charge in [-0.15, -0.1) is 0 Å². The molecular formula is C20H23FN2O5. The topological polar surface area (TPSA) is 93.7 Å². The normalized spacial score (nSPS) is 18.3. The van der Waals surface area contributed by atoms with Gasteiger partial charge in [0.05, 0.1) is 29.8 Å².